The maximum atomic E-state index is 5.52. The zero-order valence-corrected chi connectivity index (χ0v) is 11.3. The van der Waals surface area contributed by atoms with E-state index in [1.54, 1.807) is 6.20 Å². The maximum absolute atomic E-state index is 5.52. The minimum absolute atomic E-state index is 0.328. The molecule has 0 bridgehead atoms. The molecule has 2 N–H and O–H groups in total. The predicted molar refractivity (Wildman–Crippen MR) is 74.4 cm³/mol. The van der Waals surface area contributed by atoms with Crippen LogP contribution in [0.4, 0.5) is 0 Å². The number of rotatable bonds is 6. The van der Waals surface area contributed by atoms with Gasteiger partial charge in [0, 0.05) is 38.6 Å². The number of nitrogens with zero attached hydrogens (tertiary/aromatic N) is 2. The molecule has 1 aromatic heterocycles. The molecule has 6 heteroatoms. The van der Waals surface area contributed by atoms with Crippen LogP contribution < -0.4 is 10.6 Å². The predicted octanol–water partition coefficient (Wildman–Crippen LogP) is 0.916. The zero-order chi connectivity index (χ0) is 12.6. The zero-order valence-electron chi connectivity index (χ0n) is 10.5. The first kappa shape index (κ1) is 13.3. The van der Waals surface area contributed by atoms with Crippen molar-refractivity contribution in [3.05, 3.63) is 18.5 Å². The van der Waals surface area contributed by atoms with E-state index in [1.165, 1.54) is 0 Å². The SMILES string of the molecule is S=C(NCCCn1cccn1)NCC1CCCO1. The van der Waals surface area contributed by atoms with Gasteiger partial charge in [-0.3, -0.25) is 4.68 Å². The lowest BCUT2D eigenvalue weighted by molar-refractivity contribution is 0.114. The Bertz CT molecular complexity index is 349. The highest BCUT2D eigenvalue weighted by Crippen LogP contribution is 2.10. The summed E-state index contributed by atoms with van der Waals surface area (Å²) in [5.74, 6) is 0. The average Bonchev–Trinajstić information content (AvgIpc) is 3.04. The third-order valence-electron chi connectivity index (χ3n) is 2.92. The van der Waals surface area contributed by atoms with Crippen LogP contribution in [0.5, 0.6) is 0 Å². The van der Waals surface area contributed by atoms with Crippen molar-refractivity contribution in [3.63, 3.8) is 0 Å². The second-order valence-corrected chi connectivity index (χ2v) is 4.80. The van der Waals surface area contributed by atoms with Gasteiger partial charge in [-0.15, -0.1) is 0 Å². The van der Waals surface area contributed by atoms with Gasteiger partial charge in [-0.1, -0.05) is 0 Å². The molecule has 0 amide bonds. The van der Waals surface area contributed by atoms with E-state index < -0.39 is 0 Å². The Labute approximate surface area is 113 Å². The molecule has 1 aromatic rings. The molecule has 1 atom stereocenters. The number of aryl methyl sites for hydroxylation is 1. The molecular weight excluding hydrogens is 248 g/mol. The van der Waals surface area contributed by atoms with Gasteiger partial charge in [0.05, 0.1) is 6.10 Å². The van der Waals surface area contributed by atoms with Crippen LogP contribution in [0, 0.1) is 0 Å². The summed E-state index contributed by atoms with van der Waals surface area (Å²) in [6, 6.07) is 1.93. The summed E-state index contributed by atoms with van der Waals surface area (Å²) in [6.07, 6.45) is 7.39. The number of hydrogen-bond acceptors (Lipinski definition) is 3. The van der Waals surface area contributed by atoms with Gasteiger partial charge in [-0.2, -0.15) is 5.10 Å². The van der Waals surface area contributed by atoms with Crippen LogP contribution in [0.15, 0.2) is 18.5 Å². The van der Waals surface area contributed by atoms with Gasteiger partial charge in [0.25, 0.3) is 0 Å². The Morgan fingerprint density at radius 2 is 2.44 bits per heavy atom. The first-order valence-electron chi connectivity index (χ1n) is 6.45. The van der Waals surface area contributed by atoms with E-state index in [4.69, 9.17) is 17.0 Å². The molecule has 0 radical (unpaired) electrons. The van der Waals surface area contributed by atoms with Crippen molar-refractivity contribution in [1.82, 2.24) is 20.4 Å². The summed E-state index contributed by atoms with van der Waals surface area (Å²) in [5.41, 5.74) is 0. The highest BCUT2D eigenvalue weighted by atomic mass is 32.1. The molecule has 1 fully saturated rings. The maximum Gasteiger partial charge on any atom is 0.166 e. The van der Waals surface area contributed by atoms with Gasteiger partial charge >= 0.3 is 0 Å². The Morgan fingerprint density at radius 1 is 1.50 bits per heavy atom. The van der Waals surface area contributed by atoms with Gasteiger partial charge < -0.3 is 15.4 Å². The molecule has 5 nitrogen and oxygen atoms in total. The van der Waals surface area contributed by atoms with Crippen molar-refractivity contribution in [2.45, 2.75) is 31.9 Å². The van der Waals surface area contributed by atoms with Gasteiger partial charge in [0.2, 0.25) is 0 Å². The number of hydrogen-bond donors (Lipinski definition) is 2. The van der Waals surface area contributed by atoms with E-state index in [9.17, 15) is 0 Å². The van der Waals surface area contributed by atoms with Crippen LogP contribution in [-0.2, 0) is 11.3 Å². The molecule has 1 aliphatic rings. The number of nitrogens with one attached hydrogen (secondary N) is 2. The van der Waals surface area contributed by atoms with E-state index in [0.29, 0.717) is 11.2 Å². The van der Waals surface area contributed by atoms with Crippen LogP contribution in [0.1, 0.15) is 19.3 Å². The molecule has 0 aromatic carbocycles. The summed E-state index contributed by atoms with van der Waals surface area (Å²) >= 11 is 5.20. The Balaban J connectivity index is 1.49. The average molecular weight is 268 g/mol. The topological polar surface area (TPSA) is 51.1 Å². The molecule has 0 saturated carbocycles. The normalized spacial score (nSPS) is 18.8. The highest BCUT2D eigenvalue weighted by molar-refractivity contribution is 7.80. The fraction of sp³-hybridized carbons (Fsp3) is 0.667. The first-order chi connectivity index (χ1) is 8.84. The van der Waals surface area contributed by atoms with Crippen LogP contribution >= 0.6 is 12.2 Å². The van der Waals surface area contributed by atoms with Crippen LogP contribution in [0.2, 0.25) is 0 Å². The lowest BCUT2D eigenvalue weighted by Gasteiger charge is -2.13. The number of aromatic nitrogens is 2. The Morgan fingerprint density at radius 3 is 3.17 bits per heavy atom. The second-order valence-electron chi connectivity index (χ2n) is 4.39. The van der Waals surface area contributed by atoms with Gasteiger partial charge in [0.15, 0.2) is 5.11 Å². The fourth-order valence-electron chi connectivity index (χ4n) is 1.95. The lowest BCUT2D eigenvalue weighted by Crippen LogP contribution is -2.39. The van der Waals surface area contributed by atoms with Crippen molar-refractivity contribution < 1.29 is 4.74 Å². The molecule has 0 aliphatic carbocycles. The summed E-state index contributed by atoms with van der Waals surface area (Å²) in [7, 11) is 0. The van der Waals surface area contributed by atoms with Crippen LogP contribution in [0.25, 0.3) is 0 Å². The Kier molecular flexibility index (Phi) is 5.41. The second kappa shape index (κ2) is 7.33. The third-order valence-corrected chi connectivity index (χ3v) is 3.21. The lowest BCUT2D eigenvalue weighted by atomic mass is 10.2. The minimum atomic E-state index is 0.328. The third kappa shape index (κ3) is 4.62. The summed E-state index contributed by atoms with van der Waals surface area (Å²) < 4.78 is 7.44. The standard InChI is InChI=1S/C12H20N4OS/c18-12(14-10-11-4-1-9-17-11)13-5-2-7-16-8-3-6-15-16/h3,6,8,11H,1-2,4-5,7,9-10H2,(H2,13,14,18). The molecule has 1 unspecified atom stereocenters. The van der Waals surface area contributed by atoms with E-state index >= 15 is 0 Å². The van der Waals surface area contributed by atoms with E-state index in [2.05, 4.69) is 15.7 Å². The van der Waals surface area contributed by atoms with Crippen LogP contribution in [0.3, 0.4) is 0 Å². The van der Waals surface area contributed by atoms with Crippen molar-refractivity contribution >= 4 is 17.3 Å². The smallest absolute Gasteiger partial charge is 0.166 e. The molecule has 2 heterocycles. The number of thiocarbonyl (C=S) groups is 1. The largest absolute Gasteiger partial charge is 0.376 e. The van der Waals surface area contributed by atoms with Crippen molar-refractivity contribution in [2.24, 2.45) is 0 Å². The van der Waals surface area contributed by atoms with Crippen LogP contribution in [-0.4, -0.2) is 40.7 Å². The number of ether oxygens (including phenoxy) is 1. The summed E-state index contributed by atoms with van der Waals surface area (Å²) in [6.45, 7) is 3.47. The highest BCUT2D eigenvalue weighted by Gasteiger charge is 2.14. The molecule has 18 heavy (non-hydrogen) atoms. The summed E-state index contributed by atoms with van der Waals surface area (Å²) in [5, 5.41) is 11.2. The molecular formula is C12H20N4OS. The molecule has 1 aliphatic heterocycles. The van der Waals surface area contributed by atoms with Gasteiger partial charge in [-0.05, 0) is 37.5 Å². The van der Waals surface area contributed by atoms with Crippen molar-refractivity contribution in [3.8, 4) is 0 Å². The molecule has 0 spiro atoms. The van der Waals surface area contributed by atoms with E-state index in [1.807, 2.05) is 16.9 Å². The fourth-order valence-corrected chi connectivity index (χ4v) is 2.14. The minimum Gasteiger partial charge on any atom is -0.376 e. The van der Waals surface area contributed by atoms with Crippen molar-refractivity contribution in [2.75, 3.05) is 19.7 Å². The quantitative estimate of drug-likeness (QED) is 0.593. The van der Waals surface area contributed by atoms with Crippen molar-refractivity contribution in [1.29, 1.82) is 0 Å². The molecule has 2 rings (SSSR count). The Hall–Kier alpha value is -1.14. The first-order valence-corrected chi connectivity index (χ1v) is 6.86. The van der Waals surface area contributed by atoms with E-state index in [0.717, 1.165) is 45.5 Å². The molecule has 100 valence electrons. The van der Waals surface area contributed by atoms with E-state index in [-0.39, 0.29) is 0 Å². The summed E-state index contributed by atoms with van der Waals surface area (Å²) in [4.78, 5) is 0. The van der Waals surface area contributed by atoms with Gasteiger partial charge in [0.1, 0.15) is 0 Å². The molecule has 1 saturated heterocycles. The monoisotopic (exact) mass is 268 g/mol. The van der Waals surface area contributed by atoms with Gasteiger partial charge in [-0.25, -0.2) is 0 Å².